The molecule has 144 valence electrons. The first-order chi connectivity index (χ1) is 12.3. The normalized spacial score (nSPS) is 11.0. The van der Waals surface area contributed by atoms with E-state index in [1.165, 1.54) is 30.4 Å². The van der Waals surface area contributed by atoms with Gasteiger partial charge in [-0.1, -0.05) is 55.8 Å². The van der Waals surface area contributed by atoms with Gasteiger partial charge in [-0.05, 0) is 44.2 Å². The standard InChI is InChI=1S/C16H16BrNO4.2C2H6/c1-3-4-12(19)7-5-10(2)15(20)18-14-8-6-11(17)9-13(14)16(21)22;2*1-2/h3-9,19H,1-2H3,(H,18,20)(H,21,22);2*1-2H3/b4-3-,10-5+,12-7+;;. The first-order valence-electron chi connectivity index (χ1n) is 8.39. The highest BCUT2D eigenvalue weighted by Crippen LogP contribution is 2.21. The first kappa shape index (κ1) is 25.9. The van der Waals surface area contributed by atoms with Crippen molar-refractivity contribution in [2.45, 2.75) is 41.5 Å². The molecule has 1 amide bonds. The van der Waals surface area contributed by atoms with E-state index in [0.717, 1.165) is 0 Å². The fourth-order valence-electron chi connectivity index (χ4n) is 1.54. The number of hydrogen-bond donors (Lipinski definition) is 3. The van der Waals surface area contributed by atoms with Gasteiger partial charge in [0, 0.05) is 10.0 Å². The Hall–Kier alpha value is -2.34. The molecule has 0 aliphatic heterocycles. The van der Waals surface area contributed by atoms with Crippen molar-refractivity contribution in [2.24, 2.45) is 0 Å². The molecule has 0 atom stereocenters. The largest absolute Gasteiger partial charge is 0.508 e. The van der Waals surface area contributed by atoms with E-state index in [-0.39, 0.29) is 17.0 Å². The van der Waals surface area contributed by atoms with Gasteiger partial charge in [0.05, 0.1) is 11.3 Å². The van der Waals surface area contributed by atoms with Gasteiger partial charge in [0.15, 0.2) is 0 Å². The number of aliphatic hydroxyl groups is 1. The minimum Gasteiger partial charge on any atom is -0.508 e. The summed E-state index contributed by atoms with van der Waals surface area (Å²) in [6, 6.07) is 4.56. The second-order valence-electron chi connectivity index (χ2n) is 4.39. The average molecular weight is 426 g/mol. The zero-order chi connectivity index (χ0) is 20.7. The number of anilines is 1. The molecule has 0 bridgehead atoms. The van der Waals surface area contributed by atoms with E-state index in [9.17, 15) is 14.7 Å². The maximum absolute atomic E-state index is 12.0. The van der Waals surface area contributed by atoms with Crippen LogP contribution in [0.25, 0.3) is 0 Å². The number of carboxylic acids is 1. The van der Waals surface area contributed by atoms with E-state index in [1.807, 2.05) is 27.7 Å². The van der Waals surface area contributed by atoms with Gasteiger partial charge in [0.1, 0.15) is 5.76 Å². The fourth-order valence-corrected chi connectivity index (χ4v) is 1.90. The van der Waals surface area contributed by atoms with Crippen LogP contribution in [0, 0.1) is 0 Å². The van der Waals surface area contributed by atoms with Crippen LogP contribution in [-0.4, -0.2) is 22.1 Å². The summed E-state index contributed by atoms with van der Waals surface area (Å²) >= 11 is 3.19. The molecule has 6 heteroatoms. The summed E-state index contributed by atoms with van der Waals surface area (Å²) in [6.45, 7) is 11.3. The van der Waals surface area contributed by atoms with Gasteiger partial charge >= 0.3 is 5.97 Å². The number of rotatable bonds is 5. The Labute approximate surface area is 164 Å². The van der Waals surface area contributed by atoms with Gasteiger partial charge in [-0.15, -0.1) is 0 Å². The lowest BCUT2D eigenvalue weighted by Crippen LogP contribution is -2.15. The molecular formula is C20H28BrNO4. The van der Waals surface area contributed by atoms with Crippen molar-refractivity contribution in [2.75, 3.05) is 5.32 Å². The van der Waals surface area contributed by atoms with Crippen LogP contribution in [0.1, 0.15) is 51.9 Å². The van der Waals surface area contributed by atoms with Gasteiger partial charge < -0.3 is 15.5 Å². The Bertz CT molecular complexity index is 676. The predicted molar refractivity (Wildman–Crippen MR) is 112 cm³/mol. The molecular weight excluding hydrogens is 398 g/mol. The molecule has 0 spiro atoms. The molecule has 0 heterocycles. The summed E-state index contributed by atoms with van der Waals surface area (Å²) in [5.41, 5.74) is 0.522. The summed E-state index contributed by atoms with van der Waals surface area (Å²) in [5.74, 6) is -1.57. The highest BCUT2D eigenvalue weighted by molar-refractivity contribution is 9.10. The average Bonchev–Trinajstić information content (AvgIpc) is 2.64. The molecule has 1 aromatic rings. The van der Waals surface area contributed by atoms with Crippen LogP contribution in [0.3, 0.4) is 0 Å². The number of hydrogen-bond acceptors (Lipinski definition) is 3. The minimum atomic E-state index is -1.14. The molecule has 1 rings (SSSR count). The molecule has 0 saturated carbocycles. The Balaban J connectivity index is 0. The van der Waals surface area contributed by atoms with Crippen molar-refractivity contribution >= 4 is 33.5 Å². The topological polar surface area (TPSA) is 86.6 Å². The Morgan fingerprint density at radius 1 is 1.08 bits per heavy atom. The number of carbonyl (C=O) groups is 2. The van der Waals surface area contributed by atoms with E-state index in [0.29, 0.717) is 10.0 Å². The smallest absolute Gasteiger partial charge is 0.337 e. The predicted octanol–water partition coefficient (Wildman–Crippen LogP) is 6.10. The van der Waals surface area contributed by atoms with Crippen LogP contribution in [0.4, 0.5) is 5.69 Å². The number of carbonyl (C=O) groups excluding carboxylic acids is 1. The summed E-state index contributed by atoms with van der Waals surface area (Å²) < 4.78 is 0.606. The Kier molecular flexibility index (Phi) is 14.9. The van der Waals surface area contributed by atoms with Crippen LogP contribution < -0.4 is 5.32 Å². The molecule has 26 heavy (non-hydrogen) atoms. The van der Waals surface area contributed by atoms with Gasteiger partial charge in [-0.2, -0.15) is 0 Å². The van der Waals surface area contributed by atoms with E-state index in [1.54, 1.807) is 26.0 Å². The maximum Gasteiger partial charge on any atom is 0.337 e. The zero-order valence-corrected chi connectivity index (χ0v) is 17.7. The number of aliphatic hydroxyl groups excluding tert-OH is 1. The number of halogens is 1. The number of nitrogens with one attached hydrogen (secondary N) is 1. The lowest BCUT2D eigenvalue weighted by Gasteiger charge is -2.09. The third-order valence-electron chi connectivity index (χ3n) is 2.66. The molecule has 0 aromatic heterocycles. The van der Waals surface area contributed by atoms with Crippen LogP contribution in [0.15, 0.2) is 58.3 Å². The second kappa shape index (κ2) is 15.0. The first-order valence-corrected chi connectivity index (χ1v) is 9.19. The van der Waals surface area contributed by atoms with Gasteiger partial charge in [-0.25, -0.2) is 4.79 Å². The number of allylic oxidation sites excluding steroid dienone is 4. The second-order valence-corrected chi connectivity index (χ2v) is 5.31. The summed E-state index contributed by atoms with van der Waals surface area (Å²) in [5, 5.41) is 21.1. The van der Waals surface area contributed by atoms with Crippen LogP contribution >= 0.6 is 15.9 Å². The van der Waals surface area contributed by atoms with Crippen molar-refractivity contribution < 1.29 is 19.8 Å². The van der Waals surface area contributed by atoms with Crippen LogP contribution in [0.5, 0.6) is 0 Å². The lowest BCUT2D eigenvalue weighted by atomic mass is 10.1. The van der Waals surface area contributed by atoms with Gasteiger partial charge in [0.25, 0.3) is 5.91 Å². The van der Waals surface area contributed by atoms with Crippen molar-refractivity contribution in [3.63, 3.8) is 0 Å². The van der Waals surface area contributed by atoms with Crippen molar-refractivity contribution in [3.05, 3.63) is 63.9 Å². The molecule has 0 saturated heterocycles. The molecule has 0 aliphatic carbocycles. The van der Waals surface area contributed by atoms with E-state index in [4.69, 9.17) is 5.11 Å². The molecule has 0 radical (unpaired) electrons. The van der Waals surface area contributed by atoms with Gasteiger partial charge in [0.2, 0.25) is 0 Å². The van der Waals surface area contributed by atoms with Gasteiger partial charge in [-0.3, -0.25) is 4.79 Å². The Morgan fingerprint density at radius 3 is 2.15 bits per heavy atom. The van der Waals surface area contributed by atoms with Crippen molar-refractivity contribution in [3.8, 4) is 0 Å². The number of aromatic carboxylic acids is 1. The quantitative estimate of drug-likeness (QED) is 0.302. The molecule has 0 fully saturated rings. The molecule has 3 N–H and O–H groups in total. The number of benzene rings is 1. The highest BCUT2D eigenvalue weighted by Gasteiger charge is 2.13. The maximum atomic E-state index is 12.0. The van der Waals surface area contributed by atoms with Crippen LogP contribution in [-0.2, 0) is 4.79 Å². The molecule has 0 aliphatic rings. The SMILES string of the molecule is CC.CC.C\C=C/C(O)=C\C=C(/C)C(=O)Nc1ccc(Br)cc1C(=O)O. The Morgan fingerprint density at radius 2 is 1.65 bits per heavy atom. The van der Waals surface area contributed by atoms with Crippen molar-refractivity contribution in [1.29, 1.82) is 0 Å². The summed E-state index contributed by atoms with van der Waals surface area (Å²) in [6.07, 6.45) is 5.98. The third kappa shape index (κ3) is 9.84. The summed E-state index contributed by atoms with van der Waals surface area (Å²) in [7, 11) is 0. The molecule has 5 nitrogen and oxygen atoms in total. The van der Waals surface area contributed by atoms with E-state index >= 15 is 0 Å². The zero-order valence-electron chi connectivity index (χ0n) is 16.1. The van der Waals surface area contributed by atoms with E-state index in [2.05, 4.69) is 21.2 Å². The number of amides is 1. The van der Waals surface area contributed by atoms with Crippen molar-refractivity contribution in [1.82, 2.24) is 0 Å². The van der Waals surface area contributed by atoms with E-state index < -0.39 is 11.9 Å². The summed E-state index contributed by atoms with van der Waals surface area (Å²) in [4.78, 5) is 23.2. The molecule has 1 aromatic carbocycles. The molecule has 0 unspecified atom stereocenters. The minimum absolute atomic E-state index is 0.0113. The van der Waals surface area contributed by atoms with Crippen LogP contribution in [0.2, 0.25) is 0 Å². The third-order valence-corrected chi connectivity index (χ3v) is 3.15. The highest BCUT2D eigenvalue weighted by atomic mass is 79.9. The number of carboxylic acid groups (broad SMARTS) is 1. The monoisotopic (exact) mass is 425 g/mol. The lowest BCUT2D eigenvalue weighted by molar-refractivity contribution is -0.112. The fraction of sp³-hybridized carbons (Fsp3) is 0.300.